The van der Waals surface area contributed by atoms with E-state index in [4.69, 9.17) is 10.5 Å². The van der Waals surface area contributed by atoms with Crippen LogP contribution >= 0.6 is 0 Å². The lowest BCUT2D eigenvalue weighted by atomic mass is 10.1. The first-order chi connectivity index (χ1) is 12.7. The zero-order valence-electron chi connectivity index (χ0n) is 14.9. The van der Waals surface area contributed by atoms with Gasteiger partial charge >= 0.3 is 0 Å². The Labute approximate surface area is 154 Å². The number of ether oxygens (including phenoxy) is 1. The van der Waals surface area contributed by atoms with E-state index < -0.39 is 6.10 Å². The van der Waals surface area contributed by atoms with Crippen molar-refractivity contribution in [1.29, 1.82) is 0 Å². The minimum atomic E-state index is -0.455. The van der Waals surface area contributed by atoms with E-state index in [1.165, 1.54) is 6.42 Å². The van der Waals surface area contributed by atoms with E-state index in [1.807, 2.05) is 47.4 Å². The highest BCUT2D eigenvalue weighted by Gasteiger charge is 2.33. The molecule has 0 aliphatic carbocycles. The summed E-state index contributed by atoms with van der Waals surface area (Å²) < 4.78 is 6.08. The SMILES string of the molecule is Nc1cccc(CN2CC(C(=O)N3CCCCC3)Oc3ccccc32)c1. The molecule has 0 aromatic heterocycles. The van der Waals surface area contributed by atoms with Gasteiger partial charge in [0.1, 0.15) is 5.75 Å². The van der Waals surface area contributed by atoms with Crippen LogP contribution in [0.15, 0.2) is 48.5 Å². The number of hydrogen-bond donors (Lipinski definition) is 1. The third-order valence-electron chi connectivity index (χ3n) is 5.13. The van der Waals surface area contributed by atoms with Crippen molar-refractivity contribution in [2.45, 2.75) is 31.9 Å². The molecule has 5 heteroatoms. The highest BCUT2D eigenvalue weighted by Crippen LogP contribution is 2.34. The molecule has 1 saturated heterocycles. The van der Waals surface area contributed by atoms with E-state index in [0.717, 1.165) is 48.6 Å². The number of carbonyl (C=O) groups excluding carboxylic acids is 1. The lowest BCUT2D eigenvalue weighted by molar-refractivity contribution is -0.139. The summed E-state index contributed by atoms with van der Waals surface area (Å²) in [6.45, 7) is 2.95. The van der Waals surface area contributed by atoms with Gasteiger partial charge < -0.3 is 20.3 Å². The van der Waals surface area contributed by atoms with Crippen molar-refractivity contribution in [1.82, 2.24) is 4.90 Å². The Morgan fingerprint density at radius 1 is 1.08 bits per heavy atom. The van der Waals surface area contributed by atoms with Crippen LogP contribution in [0.4, 0.5) is 11.4 Å². The third kappa shape index (κ3) is 3.47. The number of carbonyl (C=O) groups is 1. The number of nitrogens with zero attached hydrogens (tertiary/aromatic N) is 2. The van der Waals surface area contributed by atoms with E-state index in [9.17, 15) is 4.79 Å². The van der Waals surface area contributed by atoms with Crippen LogP contribution in [-0.4, -0.2) is 36.5 Å². The Balaban J connectivity index is 1.57. The Kier molecular flexibility index (Phi) is 4.69. The molecule has 26 heavy (non-hydrogen) atoms. The number of hydrogen-bond acceptors (Lipinski definition) is 4. The number of anilines is 2. The molecule has 0 spiro atoms. The summed E-state index contributed by atoms with van der Waals surface area (Å²) in [6, 6.07) is 15.8. The lowest BCUT2D eigenvalue weighted by Crippen LogP contribution is -2.51. The summed E-state index contributed by atoms with van der Waals surface area (Å²) in [7, 11) is 0. The predicted octanol–water partition coefficient (Wildman–Crippen LogP) is 3.05. The van der Waals surface area contributed by atoms with Crippen LogP contribution in [0.3, 0.4) is 0 Å². The number of para-hydroxylation sites is 2. The first-order valence-electron chi connectivity index (χ1n) is 9.34. The van der Waals surface area contributed by atoms with Crippen molar-refractivity contribution >= 4 is 17.3 Å². The van der Waals surface area contributed by atoms with Gasteiger partial charge in [-0.2, -0.15) is 0 Å². The molecule has 0 bridgehead atoms. The van der Waals surface area contributed by atoms with Crippen LogP contribution in [-0.2, 0) is 11.3 Å². The van der Waals surface area contributed by atoms with Gasteiger partial charge in [0.05, 0.1) is 12.2 Å². The van der Waals surface area contributed by atoms with E-state index in [1.54, 1.807) is 0 Å². The normalized spacial score (nSPS) is 19.6. The van der Waals surface area contributed by atoms with Crippen LogP contribution in [0.2, 0.25) is 0 Å². The van der Waals surface area contributed by atoms with Crippen LogP contribution in [0.5, 0.6) is 5.75 Å². The largest absolute Gasteiger partial charge is 0.477 e. The number of nitrogen functional groups attached to an aromatic ring is 1. The number of likely N-dealkylation sites (tertiary alicyclic amines) is 1. The number of rotatable bonds is 3. The fraction of sp³-hybridized carbons (Fsp3) is 0.381. The average Bonchev–Trinajstić information content (AvgIpc) is 2.68. The fourth-order valence-electron chi connectivity index (χ4n) is 3.82. The topological polar surface area (TPSA) is 58.8 Å². The standard InChI is InChI=1S/C21H25N3O2/c22-17-8-6-7-16(13-17)14-24-15-20(21(25)23-11-4-1-5-12-23)26-19-10-3-2-9-18(19)24/h2-3,6-10,13,20H,1,4-5,11-12,14-15,22H2. The molecule has 1 unspecified atom stereocenters. The molecule has 4 rings (SSSR count). The molecule has 2 aliphatic heterocycles. The third-order valence-corrected chi connectivity index (χ3v) is 5.13. The van der Waals surface area contributed by atoms with Crippen LogP contribution in [0.25, 0.3) is 0 Å². The molecule has 2 N–H and O–H groups in total. The maximum absolute atomic E-state index is 13.0. The molecular weight excluding hydrogens is 326 g/mol. The van der Waals surface area contributed by atoms with Crippen LogP contribution < -0.4 is 15.4 Å². The van der Waals surface area contributed by atoms with E-state index >= 15 is 0 Å². The Bertz CT molecular complexity index is 786. The molecule has 1 fully saturated rings. The summed E-state index contributed by atoms with van der Waals surface area (Å²) in [5.41, 5.74) is 8.84. The van der Waals surface area contributed by atoms with Crippen molar-refractivity contribution in [2.24, 2.45) is 0 Å². The van der Waals surface area contributed by atoms with Gasteiger partial charge in [-0.1, -0.05) is 24.3 Å². The van der Waals surface area contributed by atoms with Gasteiger partial charge in [0, 0.05) is 25.3 Å². The second kappa shape index (κ2) is 7.28. The first kappa shape index (κ1) is 16.8. The molecule has 2 aromatic carbocycles. The van der Waals surface area contributed by atoms with Gasteiger partial charge in [0.15, 0.2) is 6.10 Å². The maximum atomic E-state index is 13.0. The minimum Gasteiger partial charge on any atom is -0.477 e. The van der Waals surface area contributed by atoms with Crippen LogP contribution in [0.1, 0.15) is 24.8 Å². The van der Waals surface area contributed by atoms with Crippen molar-refractivity contribution < 1.29 is 9.53 Å². The molecule has 1 atom stereocenters. The number of fused-ring (bicyclic) bond motifs is 1. The van der Waals surface area contributed by atoms with Crippen molar-refractivity contribution in [2.75, 3.05) is 30.3 Å². The Morgan fingerprint density at radius 3 is 2.69 bits per heavy atom. The number of amides is 1. The second-order valence-corrected chi connectivity index (χ2v) is 7.09. The van der Waals surface area contributed by atoms with E-state index in [-0.39, 0.29) is 5.91 Å². The first-order valence-corrected chi connectivity index (χ1v) is 9.34. The maximum Gasteiger partial charge on any atom is 0.265 e. The zero-order valence-corrected chi connectivity index (χ0v) is 14.9. The van der Waals surface area contributed by atoms with Gasteiger partial charge in [-0.3, -0.25) is 4.79 Å². The molecule has 1 amide bonds. The number of nitrogens with two attached hydrogens (primary N) is 1. The van der Waals surface area contributed by atoms with Crippen molar-refractivity contribution in [3.63, 3.8) is 0 Å². The lowest BCUT2D eigenvalue weighted by Gasteiger charge is -2.38. The van der Waals surface area contributed by atoms with E-state index in [2.05, 4.69) is 11.0 Å². The van der Waals surface area contributed by atoms with Crippen LogP contribution in [0, 0.1) is 0 Å². The zero-order chi connectivity index (χ0) is 17.9. The van der Waals surface area contributed by atoms with Crippen molar-refractivity contribution in [3.05, 3.63) is 54.1 Å². The minimum absolute atomic E-state index is 0.108. The predicted molar refractivity (Wildman–Crippen MR) is 103 cm³/mol. The number of piperidine rings is 1. The smallest absolute Gasteiger partial charge is 0.265 e. The fourth-order valence-corrected chi connectivity index (χ4v) is 3.82. The van der Waals surface area contributed by atoms with Gasteiger partial charge in [0.25, 0.3) is 5.91 Å². The highest BCUT2D eigenvalue weighted by molar-refractivity contribution is 5.83. The molecule has 5 nitrogen and oxygen atoms in total. The monoisotopic (exact) mass is 351 g/mol. The molecule has 0 saturated carbocycles. The Morgan fingerprint density at radius 2 is 1.88 bits per heavy atom. The molecule has 136 valence electrons. The Hall–Kier alpha value is -2.69. The summed E-state index contributed by atoms with van der Waals surface area (Å²) in [5, 5.41) is 0. The molecule has 0 radical (unpaired) electrons. The van der Waals surface area contributed by atoms with Gasteiger partial charge in [-0.05, 0) is 49.1 Å². The van der Waals surface area contributed by atoms with Gasteiger partial charge in [-0.15, -0.1) is 0 Å². The summed E-state index contributed by atoms with van der Waals surface area (Å²) >= 11 is 0. The highest BCUT2D eigenvalue weighted by atomic mass is 16.5. The van der Waals surface area contributed by atoms with Gasteiger partial charge in [-0.25, -0.2) is 0 Å². The summed E-state index contributed by atoms with van der Waals surface area (Å²) in [5.74, 6) is 0.884. The van der Waals surface area contributed by atoms with E-state index in [0.29, 0.717) is 13.1 Å². The summed E-state index contributed by atoms with van der Waals surface area (Å²) in [6.07, 6.45) is 2.92. The van der Waals surface area contributed by atoms with Gasteiger partial charge in [0.2, 0.25) is 0 Å². The quantitative estimate of drug-likeness (QED) is 0.864. The second-order valence-electron chi connectivity index (χ2n) is 7.09. The average molecular weight is 351 g/mol. The molecule has 2 aliphatic rings. The summed E-state index contributed by atoms with van der Waals surface area (Å²) in [4.78, 5) is 17.2. The molecule has 2 heterocycles. The number of benzene rings is 2. The molecule has 2 aromatic rings. The van der Waals surface area contributed by atoms with Crippen molar-refractivity contribution in [3.8, 4) is 5.75 Å². The molecular formula is C21H25N3O2.